The molecule has 3 N–H and O–H groups in total. The average Bonchev–Trinajstić information content (AvgIpc) is 1.83. The lowest BCUT2D eigenvalue weighted by Gasteiger charge is -2.17. The summed E-state index contributed by atoms with van der Waals surface area (Å²) in [5.41, 5.74) is 5.23. The van der Waals surface area contributed by atoms with Crippen LogP contribution in [0.25, 0.3) is 0 Å². The lowest BCUT2D eigenvalue weighted by molar-refractivity contribution is 0.265. The third-order valence-corrected chi connectivity index (χ3v) is 1.35. The second-order valence-corrected chi connectivity index (χ2v) is 4.39. The molecule has 0 aromatic heterocycles. The number of hydrogen-bond donors (Lipinski definition) is 2. The molecule has 0 rings (SSSR count). The normalized spacial score (nSPS) is 16.2. The first-order valence-corrected chi connectivity index (χ1v) is 4.21. The molecule has 70 valence electrons. The first kappa shape index (κ1) is 11.5. The van der Waals surface area contributed by atoms with E-state index in [0.29, 0.717) is 6.42 Å². The third kappa shape index (κ3) is 6.21. The minimum absolute atomic E-state index is 0.0178. The molecule has 0 saturated heterocycles. The Hall–Kier alpha value is -0.520. The van der Waals surface area contributed by atoms with Crippen LogP contribution in [0, 0.1) is 17.3 Å². The lowest BCUT2D eigenvalue weighted by Crippen LogP contribution is -2.35. The topological polar surface area (TPSA) is 46.2 Å². The number of aliphatic hydroxyl groups is 1. The Morgan fingerprint density at radius 1 is 1.17 bits per heavy atom. The molecule has 0 fully saturated rings. The summed E-state index contributed by atoms with van der Waals surface area (Å²) in [6.07, 6.45) is 0.524. The molecule has 12 heavy (non-hydrogen) atoms. The zero-order valence-corrected chi connectivity index (χ0v) is 8.44. The third-order valence-electron chi connectivity index (χ3n) is 1.35. The Kier molecular flexibility index (Phi) is 3.76. The van der Waals surface area contributed by atoms with Crippen molar-refractivity contribution >= 4 is 0 Å². The molecule has 1 unspecified atom stereocenters. The quantitative estimate of drug-likeness (QED) is 0.609. The molecule has 0 radical (unpaired) electrons. The van der Waals surface area contributed by atoms with Gasteiger partial charge in [-0.25, -0.2) is 0 Å². The van der Waals surface area contributed by atoms with Gasteiger partial charge >= 0.3 is 0 Å². The summed E-state index contributed by atoms with van der Waals surface area (Å²) in [5, 5.41) is 8.68. The average molecular weight is 169 g/mol. The van der Waals surface area contributed by atoms with E-state index in [-0.39, 0.29) is 12.0 Å². The highest BCUT2D eigenvalue weighted by Gasteiger charge is 2.14. The van der Waals surface area contributed by atoms with E-state index < -0.39 is 5.54 Å². The predicted molar refractivity (Wildman–Crippen MR) is 51.5 cm³/mol. The minimum Gasteiger partial charge on any atom is -0.396 e. The molecule has 2 nitrogen and oxygen atoms in total. The maximum absolute atomic E-state index is 8.68. The van der Waals surface area contributed by atoms with E-state index in [1.165, 1.54) is 0 Å². The molecule has 0 spiro atoms. The molecule has 0 aliphatic carbocycles. The van der Waals surface area contributed by atoms with Crippen LogP contribution in [0.4, 0.5) is 0 Å². The molecule has 0 aromatic carbocycles. The Labute approximate surface area is 75.2 Å². The van der Waals surface area contributed by atoms with E-state index in [2.05, 4.69) is 11.8 Å². The van der Waals surface area contributed by atoms with Gasteiger partial charge in [0, 0.05) is 12.0 Å². The molecule has 1 atom stereocenters. The Morgan fingerprint density at radius 2 is 1.67 bits per heavy atom. The van der Waals surface area contributed by atoms with E-state index >= 15 is 0 Å². The summed E-state index contributed by atoms with van der Waals surface area (Å²) < 4.78 is 0. The van der Waals surface area contributed by atoms with E-state index in [1.807, 2.05) is 27.7 Å². The van der Waals surface area contributed by atoms with E-state index in [1.54, 1.807) is 0 Å². The van der Waals surface area contributed by atoms with Crippen molar-refractivity contribution in [2.24, 2.45) is 11.1 Å². The van der Waals surface area contributed by atoms with Gasteiger partial charge in [0.2, 0.25) is 0 Å². The maximum atomic E-state index is 8.68. The highest BCUT2D eigenvalue weighted by atomic mass is 16.3. The Balaban J connectivity index is 4.28. The van der Waals surface area contributed by atoms with E-state index in [0.717, 1.165) is 0 Å². The molecule has 0 aliphatic heterocycles. The van der Waals surface area contributed by atoms with Crippen LogP contribution in [0.5, 0.6) is 0 Å². The zero-order valence-electron chi connectivity index (χ0n) is 8.44. The minimum atomic E-state index is -0.554. The molecule has 0 saturated carbocycles. The zero-order chi connectivity index (χ0) is 9.83. The van der Waals surface area contributed by atoms with Crippen molar-refractivity contribution in [1.82, 2.24) is 0 Å². The fourth-order valence-corrected chi connectivity index (χ4v) is 0.625. The van der Waals surface area contributed by atoms with Crippen molar-refractivity contribution in [1.29, 1.82) is 0 Å². The van der Waals surface area contributed by atoms with Gasteiger partial charge in [0.1, 0.15) is 0 Å². The van der Waals surface area contributed by atoms with Crippen LogP contribution in [-0.2, 0) is 0 Å². The first-order valence-electron chi connectivity index (χ1n) is 4.21. The van der Waals surface area contributed by atoms with E-state index in [4.69, 9.17) is 10.8 Å². The van der Waals surface area contributed by atoms with Crippen LogP contribution in [-0.4, -0.2) is 17.3 Å². The van der Waals surface area contributed by atoms with Gasteiger partial charge < -0.3 is 10.8 Å². The standard InChI is InChI=1S/C10H19NO/c1-9(2,3)5-6-10(4,11)7-8-12/h12H,7-8,11H2,1-4H3. The second kappa shape index (κ2) is 3.93. The largest absolute Gasteiger partial charge is 0.396 e. The predicted octanol–water partition coefficient (Wildman–Crippen LogP) is 1.14. The molecule has 0 aliphatic rings. The van der Waals surface area contributed by atoms with Gasteiger partial charge in [-0.1, -0.05) is 11.8 Å². The van der Waals surface area contributed by atoms with Crippen molar-refractivity contribution in [3.63, 3.8) is 0 Å². The molecule has 0 heterocycles. The maximum Gasteiger partial charge on any atom is 0.0769 e. The number of hydrogen-bond acceptors (Lipinski definition) is 2. The van der Waals surface area contributed by atoms with Crippen LogP contribution in [0.1, 0.15) is 34.1 Å². The lowest BCUT2D eigenvalue weighted by atomic mass is 9.93. The Morgan fingerprint density at radius 3 is 2.00 bits per heavy atom. The highest BCUT2D eigenvalue weighted by Crippen LogP contribution is 2.12. The number of aliphatic hydroxyl groups excluding tert-OH is 1. The van der Waals surface area contributed by atoms with Crippen LogP contribution in [0.3, 0.4) is 0 Å². The SMILES string of the molecule is CC(C)(C)C#CC(C)(N)CCO. The smallest absolute Gasteiger partial charge is 0.0769 e. The van der Waals surface area contributed by atoms with Gasteiger partial charge in [0.15, 0.2) is 0 Å². The first-order chi connectivity index (χ1) is 5.27. The van der Waals surface area contributed by atoms with Gasteiger partial charge in [-0.15, -0.1) is 0 Å². The summed E-state index contributed by atoms with van der Waals surface area (Å²) in [5.74, 6) is 6.03. The fraction of sp³-hybridized carbons (Fsp3) is 0.800. The van der Waals surface area contributed by atoms with E-state index in [9.17, 15) is 0 Å². The van der Waals surface area contributed by atoms with Crippen molar-refractivity contribution in [3.8, 4) is 11.8 Å². The number of nitrogens with two attached hydrogens (primary N) is 1. The molecular weight excluding hydrogens is 150 g/mol. The summed E-state index contributed by atoms with van der Waals surface area (Å²) in [6.45, 7) is 8.03. The highest BCUT2D eigenvalue weighted by molar-refractivity contribution is 5.18. The molecule has 0 bridgehead atoms. The van der Waals surface area contributed by atoms with Crippen LogP contribution in [0.2, 0.25) is 0 Å². The van der Waals surface area contributed by atoms with Gasteiger partial charge in [-0.05, 0) is 34.1 Å². The molecule has 0 amide bonds. The summed E-state index contributed by atoms with van der Waals surface area (Å²) >= 11 is 0. The second-order valence-electron chi connectivity index (χ2n) is 4.39. The van der Waals surface area contributed by atoms with Crippen LogP contribution in [0.15, 0.2) is 0 Å². The van der Waals surface area contributed by atoms with Crippen molar-refractivity contribution < 1.29 is 5.11 Å². The monoisotopic (exact) mass is 169 g/mol. The van der Waals surface area contributed by atoms with Crippen molar-refractivity contribution in [2.75, 3.05) is 6.61 Å². The van der Waals surface area contributed by atoms with Crippen molar-refractivity contribution in [3.05, 3.63) is 0 Å². The summed E-state index contributed by atoms with van der Waals surface area (Å²) in [7, 11) is 0. The summed E-state index contributed by atoms with van der Waals surface area (Å²) in [4.78, 5) is 0. The summed E-state index contributed by atoms with van der Waals surface area (Å²) in [6, 6.07) is 0. The fourth-order valence-electron chi connectivity index (χ4n) is 0.625. The molecule has 2 heteroatoms. The Bertz CT molecular complexity index is 190. The van der Waals surface area contributed by atoms with Gasteiger partial charge in [-0.3, -0.25) is 0 Å². The van der Waals surface area contributed by atoms with Crippen LogP contribution < -0.4 is 5.73 Å². The molecule has 0 aromatic rings. The van der Waals surface area contributed by atoms with Gasteiger partial charge in [0.05, 0.1) is 5.54 Å². The van der Waals surface area contributed by atoms with Crippen molar-refractivity contribution in [2.45, 2.75) is 39.7 Å². The van der Waals surface area contributed by atoms with Gasteiger partial charge in [0.25, 0.3) is 0 Å². The number of rotatable bonds is 2. The van der Waals surface area contributed by atoms with Crippen LogP contribution >= 0.6 is 0 Å². The molecular formula is C10H19NO. The van der Waals surface area contributed by atoms with Gasteiger partial charge in [-0.2, -0.15) is 0 Å².